The molecule has 0 aromatic heterocycles. The number of nitrogens with one attached hydrogen (secondary N) is 2. The van der Waals surface area contributed by atoms with Crippen LogP contribution in [0.1, 0.15) is 19.8 Å². The Labute approximate surface area is 87.9 Å². The third-order valence-electron chi connectivity index (χ3n) is 2.37. The molecule has 86 valence electrons. The van der Waals surface area contributed by atoms with E-state index in [9.17, 15) is 9.59 Å². The average molecular weight is 216 g/mol. The van der Waals surface area contributed by atoms with Crippen LogP contribution in [0.5, 0.6) is 0 Å². The van der Waals surface area contributed by atoms with Gasteiger partial charge in [0.05, 0.1) is 0 Å². The minimum Gasteiger partial charge on any atom is -0.479 e. The maximum absolute atomic E-state index is 11.0. The van der Waals surface area contributed by atoms with Crippen molar-refractivity contribution in [3.05, 3.63) is 0 Å². The number of carboxylic acids is 1. The largest absolute Gasteiger partial charge is 0.479 e. The molecule has 1 rings (SSSR count). The summed E-state index contributed by atoms with van der Waals surface area (Å²) in [6.07, 6.45) is 2.47. The van der Waals surface area contributed by atoms with Crippen LogP contribution < -0.4 is 10.8 Å². The molecule has 1 saturated carbocycles. The van der Waals surface area contributed by atoms with Gasteiger partial charge in [0.2, 0.25) is 0 Å². The molecule has 3 N–H and O–H groups in total. The van der Waals surface area contributed by atoms with Crippen molar-refractivity contribution < 1.29 is 19.5 Å². The van der Waals surface area contributed by atoms with Crippen LogP contribution in [0, 0.1) is 11.8 Å². The molecule has 0 aromatic rings. The summed E-state index contributed by atoms with van der Waals surface area (Å²) in [5.41, 5.74) is 2.00. The molecule has 1 unspecified atom stereocenters. The van der Waals surface area contributed by atoms with E-state index in [1.807, 2.05) is 5.48 Å². The summed E-state index contributed by atoms with van der Waals surface area (Å²) in [7, 11) is 0. The Hall–Kier alpha value is -1.30. The van der Waals surface area contributed by atoms with Crippen molar-refractivity contribution in [1.82, 2.24) is 10.8 Å². The van der Waals surface area contributed by atoms with Crippen LogP contribution in [-0.4, -0.2) is 30.3 Å². The van der Waals surface area contributed by atoms with E-state index in [2.05, 4.69) is 17.1 Å². The number of hydrogen-bond acceptors (Lipinski definition) is 3. The first-order chi connectivity index (χ1) is 7.09. The van der Waals surface area contributed by atoms with Crippen LogP contribution >= 0.6 is 0 Å². The zero-order chi connectivity index (χ0) is 11.3. The van der Waals surface area contributed by atoms with Gasteiger partial charge in [0.1, 0.15) is 0 Å². The number of carbonyl (C=O) groups excluding carboxylic acids is 1. The minimum absolute atomic E-state index is 0.468. The number of carbonyl (C=O) groups is 2. The van der Waals surface area contributed by atoms with E-state index < -0.39 is 18.6 Å². The molecule has 0 heterocycles. The van der Waals surface area contributed by atoms with Gasteiger partial charge in [-0.25, -0.2) is 15.1 Å². The van der Waals surface area contributed by atoms with Gasteiger partial charge in [-0.1, -0.05) is 6.92 Å². The summed E-state index contributed by atoms with van der Waals surface area (Å²) < 4.78 is 0. The number of carboxylic acid groups (broad SMARTS) is 1. The lowest BCUT2D eigenvalue weighted by Crippen LogP contribution is -2.38. The van der Waals surface area contributed by atoms with Crippen LogP contribution in [-0.2, 0) is 9.63 Å². The van der Waals surface area contributed by atoms with Crippen LogP contribution in [0.15, 0.2) is 0 Å². The van der Waals surface area contributed by atoms with Crippen molar-refractivity contribution in [2.24, 2.45) is 11.8 Å². The molecule has 0 spiro atoms. The van der Waals surface area contributed by atoms with Crippen molar-refractivity contribution >= 4 is 12.0 Å². The number of rotatable bonds is 6. The summed E-state index contributed by atoms with van der Waals surface area (Å²) >= 11 is 0. The predicted octanol–water partition coefficient (Wildman–Crippen LogP) is 0.348. The third-order valence-corrected chi connectivity index (χ3v) is 2.37. The predicted molar refractivity (Wildman–Crippen MR) is 52.0 cm³/mol. The highest BCUT2D eigenvalue weighted by atomic mass is 16.7. The van der Waals surface area contributed by atoms with Crippen LogP contribution in [0.2, 0.25) is 0 Å². The van der Waals surface area contributed by atoms with Gasteiger partial charge in [-0.15, -0.1) is 0 Å². The molecule has 6 nitrogen and oxygen atoms in total. The molecule has 0 aliphatic heterocycles. The molecule has 1 aliphatic carbocycles. The van der Waals surface area contributed by atoms with Crippen LogP contribution in [0.3, 0.4) is 0 Å². The van der Waals surface area contributed by atoms with E-state index in [1.54, 1.807) is 0 Å². The van der Waals surface area contributed by atoms with Gasteiger partial charge in [-0.3, -0.25) is 4.84 Å². The number of hydrogen-bond donors (Lipinski definition) is 3. The summed E-state index contributed by atoms with van der Waals surface area (Å²) in [6.45, 7) is 2.13. The Morgan fingerprint density at radius 1 is 1.53 bits per heavy atom. The highest BCUT2D eigenvalue weighted by molar-refractivity contribution is 5.73. The number of aliphatic carboxylic acids is 1. The van der Waals surface area contributed by atoms with Crippen molar-refractivity contribution in [3.63, 3.8) is 0 Å². The summed E-state index contributed by atoms with van der Waals surface area (Å²) in [4.78, 5) is 25.5. The minimum atomic E-state index is -1.12. The maximum atomic E-state index is 11.0. The number of amides is 2. The molecule has 1 atom stereocenters. The molecule has 2 amide bonds. The summed E-state index contributed by atoms with van der Waals surface area (Å²) in [6, 6.07) is -0.497. The second-order valence-electron chi connectivity index (χ2n) is 3.81. The maximum Gasteiger partial charge on any atom is 0.338 e. The standard InChI is InChI=1S/C9H16N2O4/c1-6(7-2-3-7)4-10-9(14)11-15-5-8(12)13/h6-7H,2-5H2,1H3,(H,12,13)(H2,10,11,14). The highest BCUT2D eigenvalue weighted by Gasteiger charge is 2.27. The topological polar surface area (TPSA) is 87.7 Å². The molecular formula is C9H16N2O4. The zero-order valence-electron chi connectivity index (χ0n) is 8.66. The van der Waals surface area contributed by atoms with E-state index in [1.165, 1.54) is 12.8 Å². The van der Waals surface area contributed by atoms with Crippen molar-refractivity contribution in [2.45, 2.75) is 19.8 Å². The summed E-state index contributed by atoms with van der Waals surface area (Å²) in [5.74, 6) is 0.0714. The zero-order valence-corrected chi connectivity index (χ0v) is 8.66. The highest BCUT2D eigenvalue weighted by Crippen LogP contribution is 2.35. The molecule has 0 radical (unpaired) electrons. The number of urea groups is 1. The molecule has 0 bridgehead atoms. The fourth-order valence-corrected chi connectivity index (χ4v) is 1.29. The van der Waals surface area contributed by atoms with E-state index in [0.717, 1.165) is 5.92 Å². The monoisotopic (exact) mass is 216 g/mol. The van der Waals surface area contributed by atoms with E-state index in [-0.39, 0.29) is 0 Å². The van der Waals surface area contributed by atoms with E-state index in [4.69, 9.17) is 5.11 Å². The quantitative estimate of drug-likeness (QED) is 0.559. The molecular weight excluding hydrogens is 200 g/mol. The van der Waals surface area contributed by atoms with Crippen molar-refractivity contribution in [2.75, 3.05) is 13.2 Å². The smallest absolute Gasteiger partial charge is 0.338 e. The Kier molecular flexibility index (Phi) is 4.36. The summed E-state index contributed by atoms with van der Waals surface area (Å²) in [5, 5.41) is 10.8. The van der Waals surface area contributed by atoms with Gasteiger partial charge in [0, 0.05) is 6.54 Å². The molecule has 15 heavy (non-hydrogen) atoms. The Morgan fingerprint density at radius 3 is 2.73 bits per heavy atom. The molecule has 6 heteroatoms. The Morgan fingerprint density at radius 2 is 2.20 bits per heavy atom. The lowest BCUT2D eigenvalue weighted by molar-refractivity contribution is -0.144. The Bertz CT molecular complexity index is 240. The molecule has 1 aliphatic rings. The van der Waals surface area contributed by atoms with E-state index in [0.29, 0.717) is 12.5 Å². The first kappa shape index (κ1) is 11.8. The number of hydroxylamine groups is 1. The molecule has 1 fully saturated rings. The van der Waals surface area contributed by atoms with Gasteiger partial charge < -0.3 is 10.4 Å². The van der Waals surface area contributed by atoms with Crippen molar-refractivity contribution in [3.8, 4) is 0 Å². The molecule has 0 aromatic carbocycles. The first-order valence-electron chi connectivity index (χ1n) is 4.97. The lowest BCUT2D eigenvalue weighted by Gasteiger charge is -2.11. The Balaban J connectivity index is 2.00. The normalized spacial score (nSPS) is 16.9. The third kappa shape index (κ3) is 5.21. The van der Waals surface area contributed by atoms with Gasteiger partial charge >= 0.3 is 12.0 Å². The van der Waals surface area contributed by atoms with Gasteiger partial charge in [-0.05, 0) is 24.7 Å². The fraction of sp³-hybridized carbons (Fsp3) is 0.778. The SMILES string of the molecule is CC(CNC(=O)NOCC(=O)O)C1CC1. The first-order valence-corrected chi connectivity index (χ1v) is 4.97. The van der Waals surface area contributed by atoms with Gasteiger partial charge in [-0.2, -0.15) is 0 Å². The molecule has 0 saturated heterocycles. The van der Waals surface area contributed by atoms with Crippen LogP contribution in [0.4, 0.5) is 4.79 Å². The van der Waals surface area contributed by atoms with E-state index >= 15 is 0 Å². The second kappa shape index (κ2) is 5.55. The lowest BCUT2D eigenvalue weighted by atomic mass is 10.1. The van der Waals surface area contributed by atoms with Gasteiger partial charge in [0.15, 0.2) is 6.61 Å². The second-order valence-corrected chi connectivity index (χ2v) is 3.81. The fourth-order valence-electron chi connectivity index (χ4n) is 1.29. The van der Waals surface area contributed by atoms with Gasteiger partial charge in [0.25, 0.3) is 0 Å². The average Bonchev–Trinajstić information content (AvgIpc) is 2.96. The van der Waals surface area contributed by atoms with Crippen molar-refractivity contribution in [1.29, 1.82) is 0 Å². The van der Waals surface area contributed by atoms with Crippen LogP contribution in [0.25, 0.3) is 0 Å².